The molecule has 7 heteroatoms. The van der Waals surface area contributed by atoms with Gasteiger partial charge in [0.05, 0.1) is 0 Å². The van der Waals surface area contributed by atoms with Crippen LogP contribution in [0.2, 0.25) is 0 Å². The lowest BCUT2D eigenvalue weighted by Crippen LogP contribution is -2.26. The van der Waals surface area contributed by atoms with Gasteiger partial charge in [0.2, 0.25) is 0 Å². The van der Waals surface area contributed by atoms with Crippen molar-refractivity contribution in [2.45, 2.75) is 43.9 Å². The van der Waals surface area contributed by atoms with E-state index in [1.54, 1.807) is 43.3 Å². The fourth-order valence-electron chi connectivity index (χ4n) is 3.19. The lowest BCUT2D eigenvalue weighted by molar-refractivity contribution is -0.196. The molecule has 0 aliphatic rings. The summed E-state index contributed by atoms with van der Waals surface area (Å²) in [5, 5.41) is 0.964. The molecule has 0 bridgehead atoms. The lowest BCUT2D eigenvalue weighted by Gasteiger charge is -2.22. The van der Waals surface area contributed by atoms with Crippen LogP contribution in [-0.2, 0) is 14.3 Å². The van der Waals surface area contributed by atoms with Crippen molar-refractivity contribution in [3.05, 3.63) is 77.4 Å². The third-order valence-electron chi connectivity index (χ3n) is 4.80. The predicted molar refractivity (Wildman–Crippen MR) is 106 cm³/mol. The largest absolute Gasteiger partial charge is 0.420 e. The first-order valence-corrected chi connectivity index (χ1v) is 10.5. The van der Waals surface area contributed by atoms with Gasteiger partial charge in [0.25, 0.3) is 10.1 Å². The molecule has 0 aromatic heterocycles. The first-order chi connectivity index (χ1) is 13.5. The molecule has 29 heavy (non-hydrogen) atoms. The standard InChI is InChI=1S/C22H21F3O3S/c1-14(2)16-10-12-17(13-11-16)21(22(23,24)25)28-29(26,27)20-9-5-7-18-15(3)6-4-8-19(18)20/h4-14,21H,1-3H3. The highest BCUT2D eigenvalue weighted by molar-refractivity contribution is 7.87. The Morgan fingerprint density at radius 3 is 1.97 bits per heavy atom. The second-order valence-corrected chi connectivity index (χ2v) is 8.76. The van der Waals surface area contributed by atoms with E-state index in [0.29, 0.717) is 10.8 Å². The van der Waals surface area contributed by atoms with Crippen LogP contribution in [0.25, 0.3) is 10.8 Å². The summed E-state index contributed by atoms with van der Waals surface area (Å²) in [5.41, 5.74) is 1.40. The van der Waals surface area contributed by atoms with Crippen LogP contribution in [0.1, 0.15) is 42.6 Å². The summed E-state index contributed by atoms with van der Waals surface area (Å²) < 4.78 is 71.6. The average molecular weight is 422 g/mol. The maximum atomic E-state index is 13.7. The van der Waals surface area contributed by atoms with E-state index in [1.165, 1.54) is 24.3 Å². The molecule has 0 heterocycles. The minimum Gasteiger partial charge on any atom is -0.248 e. The normalized spacial score (nSPS) is 13.8. The van der Waals surface area contributed by atoms with Crippen molar-refractivity contribution >= 4 is 20.9 Å². The van der Waals surface area contributed by atoms with E-state index in [9.17, 15) is 21.6 Å². The number of hydrogen-bond acceptors (Lipinski definition) is 3. The zero-order valence-corrected chi connectivity index (χ0v) is 17.0. The van der Waals surface area contributed by atoms with Crippen LogP contribution in [-0.4, -0.2) is 14.6 Å². The quantitative estimate of drug-likeness (QED) is 0.455. The van der Waals surface area contributed by atoms with Gasteiger partial charge in [0.15, 0.2) is 6.10 Å². The maximum absolute atomic E-state index is 13.7. The summed E-state index contributed by atoms with van der Waals surface area (Å²) >= 11 is 0. The van der Waals surface area contributed by atoms with Gasteiger partial charge in [-0.05, 0) is 41.0 Å². The van der Waals surface area contributed by atoms with Crippen LogP contribution >= 0.6 is 0 Å². The van der Waals surface area contributed by atoms with Crippen LogP contribution in [0.3, 0.4) is 0 Å². The van der Waals surface area contributed by atoms with Crippen molar-refractivity contribution in [1.82, 2.24) is 0 Å². The van der Waals surface area contributed by atoms with Crippen molar-refractivity contribution in [2.75, 3.05) is 0 Å². The number of benzene rings is 3. The second-order valence-electron chi connectivity index (χ2n) is 7.22. The zero-order valence-electron chi connectivity index (χ0n) is 16.2. The summed E-state index contributed by atoms with van der Waals surface area (Å²) in [6.45, 7) is 5.63. The molecule has 0 aliphatic heterocycles. The molecule has 0 amide bonds. The van der Waals surface area contributed by atoms with Crippen molar-refractivity contribution < 1.29 is 25.8 Å². The third kappa shape index (κ3) is 4.46. The Labute approximate surface area is 168 Å². The molecule has 0 N–H and O–H groups in total. The molecule has 3 aromatic carbocycles. The van der Waals surface area contributed by atoms with Gasteiger partial charge in [-0.3, -0.25) is 0 Å². The molecule has 1 atom stereocenters. The third-order valence-corrected chi connectivity index (χ3v) is 6.14. The van der Waals surface area contributed by atoms with Crippen molar-refractivity contribution in [2.24, 2.45) is 0 Å². The van der Waals surface area contributed by atoms with Crippen LogP contribution in [0.4, 0.5) is 13.2 Å². The second kappa shape index (κ2) is 7.80. The fourth-order valence-corrected chi connectivity index (χ4v) is 4.46. The van der Waals surface area contributed by atoms with E-state index in [1.807, 2.05) is 13.8 Å². The number of aryl methyl sites for hydroxylation is 1. The van der Waals surface area contributed by atoms with E-state index in [0.717, 1.165) is 11.1 Å². The molecule has 154 valence electrons. The molecule has 0 saturated heterocycles. The van der Waals surface area contributed by atoms with Gasteiger partial charge >= 0.3 is 6.18 Å². The highest BCUT2D eigenvalue weighted by Gasteiger charge is 2.45. The number of halogens is 3. The van der Waals surface area contributed by atoms with Crippen LogP contribution in [0, 0.1) is 6.92 Å². The van der Waals surface area contributed by atoms with Crippen molar-refractivity contribution in [3.63, 3.8) is 0 Å². The Bertz CT molecular complexity index is 1120. The molecule has 1 unspecified atom stereocenters. The van der Waals surface area contributed by atoms with Gasteiger partial charge < -0.3 is 0 Å². The summed E-state index contributed by atoms with van der Waals surface area (Å²) in [4.78, 5) is -0.285. The topological polar surface area (TPSA) is 43.4 Å². The maximum Gasteiger partial charge on any atom is 0.420 e. The fraction of sp³-hybridized carbons (Fsp3) is 0.273. The Morgan fingerprint density at radius 2 is 1.38 bits per heavy atom. The smallest absolute Gasteiger partial charge is 0.248 e. The average Bonchev–Trinajstić information content (AvgIpc) is 2.65. The molecular formula is C22H21F3O3S. The first-order valence-electron chi connectivity index (χ1n) is 9.09. The van der Waals surface area contributed by atoms with E-state index in [4.69, 9.17) is 4.18 Å². The zero-order chi connectivity index (χ0) is 21.4. The number of rotatable bonds is 5. The van der Waals surface area contributed by atoms with Gasteiger partial charge in [-0.2, -0.15) is 21.6 Å². The minimum atomic E-state index is -4.90. The van der Waals surface area contributed by atoms with Gasteiger partial charge in [-0.15, -0.1) is 0 Å². The predicted octanol–water partition coefficient (Wildman–Crippen LogP) is 6.28. The highest BCUT2D eigenvalue weighted by Crippen LogP contribution is 2.39. The van der Waals surface area contributed by atoms with E-state index in [-0.39, 0.29) is 16.4 Å². The Balaban J connectivity index is 2.05. The highest BCUT2D eigenvalue weighted by atomic mass is 32.2. The summed E-state index contributed by atoms with van der Waals surface area (Å²) in [6, 6.07) is 15.1. The number of hydrogen-bond donors (Lipinski definition) is 0. The monoisotopic (exact) mass is 422 g/mol. The molecule has 3 aromatic rings. The van der Waals surface area contributed by atoms with Crippen molar-refractivity contribution in [3.8, 4) is 0 Å². The Morgan fingerprint density at radius 1 is 0.828 bits per heavy atom. The molecule has 3 nitrogen and oxygen atoms in total. The van der Waals surface area contributed by atoms with Gasteiger partial charge in [0, 0.05) is 5.39 Å². The van der Waals surface area contributed by atoms with Crippen LogP contribution in [0.15, 0.2) is 65.6 Å². The molecule has 3 rings (SSSR count). The molecule has 0 saturated carbocycles. The molecule has 0 spiro atoms. The van der Waals surface area contributed by atoms with Gasteiger partial charge in [0.1, 0.15) is 4.90 Å². The Hall–Kier alpha value is -2.38. The lowest BCUT2D eigenvalue weighted by atomic mass is 10.00. The SMILES string of the molecule is Cc1cccc2c(S(=O)(=O)OC(c3ccc(C(C)C)cc3)C(F)(F)F)cccc12. The van der Waals surface area contributed by atoms with Crippen molar-refractivity contribution in [1.29, 1.82) is 0 Å². The van der Waals surface area contributed by atoms with E-state index < -0.39 is 22.4 Å². The molecule has 0 aliphatic carbocycles. The first kappa shape index (κ1) is 21.3. The summed E-state index contributed by atoms with van der Waals surface area (Å²) in [7, 11) is -4.68. The summed E-state index contributed by atoms with van der Waals surface area (Å²) in [5.74, 6) is 0.136. The van der Waals surface area contributed by atoms with Crippen LogP contribution < -0.4 is 0 Å². The number of alkyl halides is 3. The number of fused-ring (bicyclic) bond motifs is 1. The molecule has 0 radical (unpaired) electrons. The van der Waals surface area contributed by atoms with E-state index >= 15 is 0 Å². The molecular weight excluding hydrogens is 401 g/mol. The summed E-state index contributed by atoms with van der Waals surface area (Å²) in [6.07, 6.45) is -7.49. The van der Waals surface area contributed by atoms with Crippen LogP contribution in [0.5, 0.6) is 0 Å². The Kier molecular flexibility index (Phi) is 5.74. The van der Waals surface area contributed by atoms with Gasteiger partial charge in [-0.1, -0.05) is 68.4 Å². The molecule has 0 fully saturated rings. The van der Waals surface area contributed by atoms with E-state index in [2.05, 4.69) is 0 Å². The minimum absolute atomic E-state index is 0.136. The van der Waals surface area contributed by atoms with Gasteiger partial charge in [-0.25, -0.2) is 4.18 Å².